The second kappa shape index (κ2) is 9.30. The highest BCUT2D eigenvalue weighted by atomic mass is 35.5. The maximum Gasteiger partial charge on any atom is 0.123 e. The van der Waals surface area contributed by atoms with E-state index in [-0.39, 0.29) is 30.1 Å². The first kappa shape index (κ1) is 19.1. The number of rotatable bonds is 7. The van der Waals surface area contributed by atoms with Crippen LogP contribution in [0.4, 0.5) is 8.78 Å². The van der Waals surface area contributed by atoms with Crippen LogP contribution in [0.15, 0.2) is 61.1 Å². The van der Waals surface area contributed by atoms with Crippen molar-refractivity contribution in [2.75, 3.05) is 6.61 Å². The number of nitrogens with one attached hydrogen (secondary N) is 1. The molecule has 0 aliphatic rings. The van der Waals surface area contributed by atoms with E-state index in [0.29, 0.717) is 6.61 Å². The molecule has 1 heterocycles. The van der Waals surface area contributed by atoms with Gasteiger partial charge in [-0.2, -0.15) is 0 Å². The third kappa shape index (κ3) is 5.37. The molecule has 3 aromatic rings. The van der Waals surface area contributed by atoms with Crippen molar-refractivity contribution < 1.29 is 13.5 Å². The Balaban J connectivity index is 0.00000225. The number of imidazole rings is 1. The van der Waals surface area contributed by atoms with Crippen molar-refractivity contribution in [1.82, 2.24) is 9.97 Å². The third-order valence-corrected chi connectivity index (χ3v) is 3.78. The Kier molecular flexibility index (Phi) is 7.10. The zero-order valence-corrected chi connectivity index (χ0v) is 14.3. The lowest BCUT2D eigenvalue weighted by Crippen LogP contribution is -2.08. The van der Waals surface area contributed by atoms with Gasteiger partial charge in [-0.25, -0.2) is 13.8 Å². The highest BCUT2D eigenvalue weighted by Crippen LogP contribution is 2.26. The van der Waals surface area contributed by atoms with E-state index in [1.165, 1.54) is 24.3 Å². The number of halogens is 3. The minimum Gasteiger partial charge on any atom is -0.369 e. The minimum atomic E-state index is -0.354. The van der Waals surface area contributed by atoms with Gasteiger partial charge in [-0.15, -0.1) is 12.4 Å². The van der Waals surface area contributed by atoms with Gasteiger partial charge in [0.1, 0.15) is 17.7 Å². The summed E-state index contributed by atoms with van der Waals surface area (Å²) in [5.74, 6) is -0.591. The van der Waals surface area contributed by atoms with E-state index in [2.05, 4.69) is 9.97 Å². The van der Waals surface area contributed by atoms with Crippen LogP contribution in [-0.4, -0.2) is 16.6 Å². The van der Waals surface area contributed by atoms with Crippen molar-refractivity contribution in [2.24, 2.45) is 0 Å². The van der Waals surface area contributed by atoms with Crippen molar-refractivity contribution in [3.05, 3.63) is 89.5 Å². The summed E-state index contributed by atoms with van der Waals surface area (Å²) in [6.45, 7) is 0.526. The molecule has 0 fully saturated rings. The molecule has 0 saturated carbocycles. The first-order chi connectivity index (χ1) is 11.7. The number of ether oxygens (including phenoxy) is 1. The lowest BCUT2D eigenvalue weighted by Gasteiger charge is -2.19. The first-order valence-corrected chi connectivity index (χ1v) is 7.82. The molecule has 0 aliphatic heterocycles. The first-order valence-electron chi connectivity index (χ1n) is 7.82. The van der Waals surface area contributed by atoms with Crippen LogP contribution in [0, 0.1) is 11.6 Å². The van der Waals surface area contributed by atoms with Gasteiger partial charge in [-0.05, 0) is 48.2 Å². The van der Waals surface area contributed by atoms with Crippen molar-refractivity contribution in [1.29, 1.82) is 0 Å². The van der Waals surface area contributed by atoms with Crippen LogP contribution in [0.25, 0.3) is 0 Å². The molecule has 2 aromatic carbocycles. The number of H-pyrrole nitrogens is 1. The number of hydrogen-bond donors (Lipinski definition) is 1. The summed E-state index contributed by atoms with van der Waals surface area (Å²) in [6.07, 6.45) is 4.74. The molecule has 0 spiro atoms. The maximum atomic E-state index is 13.2. The lowest BCUT2D eigenvalue weighted by molar-refractivity contribution is 0.0781. The Morgan fingerprint density at radius 3 is 1.96 bits per heavy atom. The fraction of sp³-hybridized carbons (Fsp3) is 0.211. The Hall–Kier alpha value is -2.24. The van der Waals surface area contributed by atoms with Crippen molar-refractivity contribution in [2.45, 2.75) is 18.9 Å². The Bertz CT molecular complexity index is 701. The summed E-state index contributed by atoms with van der Waals surface area (Å²) in [5, 5.41) is 0. The van der Waals surface area contributed by atoms with Crippen LogP contribution in [0.1, 0.15) is 29.3 Å². The number of benzene rings is 2. The van der Waals surface area contributed by atoms with E-state index >= 15 is 0 Å². The molecule has 0 unspecified atom stereocenters. The molecule has 0 bridgehead atoms. The van der Waals surface area contributed by atoms with Crippen LogP contribution in [0.2, 0.25) is 0 Å². The van der Waals surface area contributed by atoms with E-state index in [9.17, 15) is 8.78 Å². The molecule has 25 heavy (non-hydrogen) atoms. The maximum absolute atomic E-state index is 13.2. The molecular formula is C19H19ClF2N2O. The molecule has 1 N–H and O–H groups in total. The summed E-state index contributed by atoms with van der Waals surface area (Å²) in [7, 11) is 0. The highest BCUT2D eigenvalue weighted by molar-refractivity contribution is 5.85. The van der Waals surface area contributed by atoms with Crippen molar-refractivity contribution in [3.8, 4) is 0 Å². The zero-order valence-electron chi connectivity index (χ0n) is 13.5. The predicted molar refractivity (Wildman–Crippen MR) is 94.8 cm³/mol. The van der Waals surface area contributed by atoms with Gasteiger partial charge in [0.05, 0.1) is 6.33 Å². The van der Waals surface area contributed by atoms with E-state index < -0.39 is 0 Å². The van der Waals surface area contributed by atoms with Crippen LogP contribution in [-0.2, 0) is 11.2 Å². The van der Waals surface area contributed by atoms with Gasteiger partial charge in [0.2, 0.25) is 0 Å². The molecule has 6 heteroatoms. The molecule has 1 aromatic heterocycles. The van der Waals surface area contributed by atoms with Gasteiger partial charge in [0.15, 0.2) is 0 Å². The van der Waals surface area contributed by atoms with E-state index in [4.69, 9.17) is 4.74 Å². The molecule has 3 rings (SSSR count). The quantitative estimate of drug-likeness (QED) is 0.609. The Morgan fingerprint density at radius 2 is 1.48 bits per heavy atom. The smallest absolute Gasteiger partial charge is 0.123 e. The average Bonchev–Trinajstić information content (AvgIpc) is 3.11. The molecule has 0 atom stereocenters. The summed E-state index contributed by atoms with van der Waals surface area (Å²) < 4.78 is 32.4. The fourth-order valence-electron chi connectivity index (χ4n) is 2.55. The molecule has 0 saturated heterocycles. The largest absolute Gasteiger partial charge is 0.369 e. The predicted octanol–water partition coefficient (Wildman–Crippen LogP) is 4.85. The molecule has 0 aliphatic carbocycles. The van der Waals surface area contributed by atoms with Crippen LogP contribution in [0.5, 0.6) is 0 Å². The van der Waals surface area contributed by atoms with E-state index in [1.54, 1.807) is 36.8 Å². The summed E-state index contributed by atoms with van der Waals surface area (Å²) >= 11 is 0. The fourth-order valence-corrected chi connectivity index (χ4v) is 2.55. The molecule has 0 radical (unpaired) electrons. The highest BCUT2D eigenvalue weighted by Gasteiger charge is 2.15. The van der Waals surface area contributed by atoms with Gasteiger partial charge in [0.25, 0.3) is 0 Å². The summed E-state index contributed by atoms with van der Waals surface area (Å²) in [6, 6.07) is 12.4. The standard InChI is InChI=1S/C19H18F2N2O.ClH/c20-16-7-3-14(4-8-16)19(15-5-9-17(21)10-6-15)24-11-1-2-18-12-22-13-23-18;/h3-10,12-13,19H,1-2,11H2,(H,22,23);1H. The molecular weight excluding hydrogens is 346 g/mol. The number of aromatic nitrogens is 2. The summed E-state index contributed by atoms with van der Waals surface area (Å²) in [4.78, 5) is 7.03. The van der Waals surface area contributed by atoms with Crippen LogP contribution >= 0.6 is 12.4 Å². The molecule has 0 amide bonds. The minimum absolute atomic E-state index is 0. The van der Waals surface area contributed by atoms with Crippen LogP contribution in [0.3, 0.4) is 0 Å². The zero-order chi connectivity index (χ0) is 16.8. The molecule has 132 valence electrons. The Morgan fingerprint density at radius 1 is 0.920 bits per heavy atom. The topological polar surface area (TPSA) is 37.9 Å². The van der Waals surface area contributed by atoms with Crippen LogP contribution < -0.4 is 0 Å². The average molecular weight is 365 g/mol. The molecule has 3 nitrogen and oxygen atoms in total. The number of aromatic amines is 1. The van der Waals surface area contributed by atoms with Crippen molar-refractivity contribution >= 4 is 12.4 Å². The van der Waals surface area contributed by atoms with Gasteiger partial charge in [-0.3, -0.25) is 0 Å². The van der Waals surface area contributed by atoms with E-state index in [1.807, 2.05) is 0 Å². The SMILES string of the molecule is Cl.Fc1ccc(C(OCCCc2cnc[nH]2)c2ccc(F)cc2)cc1. The Labute approximate surface area is 151 Å². The summed E-state index contributed by atoms with van der Waals surface area (Å²) in [5.41, 5.74) is 2.73. The normalized spacial score (nSPS) is 10.7. The monoisotopic (exact) mass is 364 g/mol. The second-order valence-electron chi connectivity index (χ2n) is 5.53. The second-order valence-corrected chi connectivity index (χ2v) is 5.53. The van der Waals surface area contributed by atoms with Gasteiger partial charge in [-0.1, -0.05) is 24.3 Å². The van der Waals surface area contributed by atoms with E-state index in [0.717, 1.165) is 29.7 Å². The lowest BCUT2D eigenvalue weighted by atomic mass is 10.0. The number of nitrogens with zero attached hydrogens (tertiary/aromatic N) is 1. The number of aryl methyl sites for hydroxylation is 1. The van der Waals surface area contributed by atoms with Crippen molar-refractivity contribution in [3.63, 3.8) is 0 Å². The van der Waals surface area contributed by atoms with Gasteiger partial charge in [0, 0.05) is 18.5 Å². The van der Waals surface area contributed by atoms with Gasteiger partial charge >= 0.3 is 0 Å². The number of hydrogen-bond acceptors (Lipinski definition) is 2. The third-order valence-electron chi connectivity index (χ3n) is 3.78. The van der Waals surface area contributed by atoms with Gasteiger partial charge < -0.3 is 9.72 Å².